The minimum absolute atomic E-state index is 0.351. The van der Waals surface area contributed by atoms with E-state index in [1.807, 2.05) is 18.7 Å². The molecule has 0 saturated carbocycles. The van der Waals surface area contributed by atoms with Crippen LogP contribution in [-0.2, 0) is 13.5 Å². The number of nitrogens with zero attached hydrogens (tertiary/aromatic N) is 2. The summed E-state index contributed by atoms with van der Waals surface area (Å²) in [6.45, 7) is 4.21. The van der Waals surface area contributed by atoms with E-state index in [0.29, 0.717) is 5.38 Å². The molecule has 3 heteroatoms. The predicted molar refractivity (Wildman–Crippen MR) is 65.4 cm³/mol. The van der Waals surface area contributed by atoms with E-state index in [0.717, 1.165) is 31.4 Å². The maximum Gasteiger partial charge on any atom is 0.0596 e. The third-order valence-corrected chi connectivity index (χ3v) is 3.09. The minimum atomic E-state index is 0.351. The fraction of sp³-hybridized carbons (Fsp3) is 0.750. The smallest absolute Gasteiger partial charge is 0.0596 e. The van der Waals surface area contributed by atoms with Gasteiger partial charge in [-0.05, 0) is 38.7 Å². The zero-order chi connectivity index (χ0) is 11.3. The Morgan fingerprint density at radius 1 is 1.47 bits per heavy atom. The van der Waals surface area contributed by atoms with Crippen LogP contribution in [0.15, 0.2) is 6.07 Å². The Hall–Kier alpha value is -0.500. The molecule has 1 atom stereocenters. The first-order chi connectivity index (χ1) is 7.13. The maximum absolute atomic E-state index is 6.17. The van der Waals surface area contributed by atoms with Gasteiger partial charge in [0.2, 0.25) is 0 Å². The molecule has 0 aliphatic heterocycles. The molecule has 0 aromatic carbocycles. The van der Waals surface area contributed by atoms with Crippen molar-refractivity contribution in [1.29, 1.82) is 0 Å². The van der Waals surface area contributed by atoms with E-state index in [-0.39, 0.29) is 0 Å². The summed E-state index contributed by atoms with van der Waals surface area (Å²) in [5, 5.41) is 4.68. The van der Waals surface area contributed by atoms with Crippen LogP contribution in [0.5, 0.6) is 0 Å². The van der Waals surface area contributed by atoms with Crippen LogP contribution in [0, 0.1) is 6.92 Å². The number of halogens is 1. The summed E-state index contributed by atoms with van der Waals surface area (Å²) in [5.74, 6) is 0. The van der Waals surface area contributed by atoms with Crippen molar-refractivity contribution < 1.29 is 0 Å². The van der Waals surface area contributed by atoms with E-state index in [1.165, 1.54) is 12.1 Å². The third kappa shape index (κ3) is 4.25. The van der Waals surface area contributed by atoms with Gasteiger partial charge in [0.1, 0.15) is 0 Å². The Morgan fingerprint density at radius 2 is 2.20 bits per heavy atom. The lowest BCUT2D eigenvalue weighted by Crippen LogP contribution is -2.02. The highest BCUT2D eigenvalue weighted by Crippen LogP contribution is 2.14. The molecule has 1 rings (SSSR count). The van der Waals surface area contributed by atoms with Crippen LogP contribution in [0.1, 0.15) is 44.0 Å². The first-order valence-corrected chi connectivity index (χ1v) is 6.20. The highest BCUT2D eigenvalue weighted by Gasteiger charge is 2.05. The van der Waals surface area contributed by atoms with Gasteiger partial charge >= 0.3 is 0 Å². The Bertz CT molecular complexity index is 294. The second kappa shape index (κ2) is 6.16. The Labute approximate surface area is 97.6 Å². The van der Waals surface area contributed by atoms with Crippen LogP contribution in [0.4, 0.5) is 0 Å². The molecule has 0 radical (unpaired) electrons. The maximum atomic E-state index is 6.17. The van der Waals surface area contributed by atoms with E-state index >= 15 is 0 Å². The topological polar surface area (TPSA) is 17.8 Å². The van der Waals surface area contributed by atoms with Gasteiger partial charge in [0.05, 0.1) is 5.69 Å². The van der Waals surface area contributed by atoms with Gasteiger partial charge in [-0.3, -0.25) is 4.68 Å². The molecule has 2 nitrogen and oxygen atoms in total. The molecule has 0 amide bonds. The van der Waals surface area contributed by atoms with Crippen molar-refractivity contribution in [2.24, 2.45) is 7.05 Å². The van der Waals surface area contributed by atoms with Gasteiger partial charge in [-0.15, -0.1) is 11.6 Å². The highest BCUT2D eigenvalue weighted by molar-refractivity contribution is 6.20. The standard InChI is InChI=1S/C12H21ClN2/c1-4-6-11(13)7-5-8-12-9-10(2)14-15(12)3/h9,11H,4-8H2,1-3H3. The van der Waals surface area contributed by atoms with Gasteiger partial charge in [-0.25, -0.2) is 0 Å². The van der Waals surface area contributed by atoms with Gasteiger partial charge in [0.15, 0.2) is 0 Å². The van der Waals surface area contributed by atoms with E-state index in [2.05, 4.69) is 18.1 Å². The quantitative estimate of drug-likeness (QED) is 0.682. The molecule has 86 valence electrons. The SMILES string of the molecule is CCCC(Cl)CCCc1cc(C)nn1C. The Balaban J connectivity index is 2.28. The molecule has 1 heterocycles. The van der Waals surface area contributed by atoms with Crippen molar-refractivity contribution in [3.05, 3.63) is 17.5 Å². The molecule has 0 aliphatic carbocycles. The number of rotatable bonds is 6. The van der Waals surface area contributed by atoms with E-state index in [9.17, 15) is 0 Å². The lowest BCUT2D eigenvalue weighted by atomic mass is 10.1. The summed E-state index contributed by atoms with van der Waals surface area (Å²) in [7, 11) is 2.01. The van der Waals surface area contributed by atoms with Crippen molar-refractivity contribution in [3.63, 3.8) is 0 Å². The first kappa shape index (κ1) is 12.6. The molecule has 1 aromatic rings. The van der Waals surface area contributed by atoms with Crippen molar-refractivity contribution >= 4 is 11.6 Å². The summed E-state index contributed by atoms with van der Waals surface area (Å²) in [6.07, 6.45) is 5.67. The Kier molecular flexibility index (Phi) is 5.16. The monoisotopic (exact) mass is 228 g/mol. The van der Waals surface area contributed by atoms with Gasteiger partial charge < -0.3 is 0 Å². The molecular weight excluding hydrogens is 208 g/mol. The van der Waals surface area contributed by atoms with Crippen LogP contribution in [0.2, 0.25) is 0 Å². The van der Waals surface area contributed by atoms with Crippen LogP contribution >= 0.6 is 11.6 Å². The molecule has 0 fully saturated rings. The molecule has 0 N–H and O–H groups in total. The van der Waals surface area contributed by atoms with Crippen LogP contribution in [0.25, 0.3) is 0 Å². The number of hydrogen-bond donors (Lipinski definition) is 0. The second-order valence-corrected chi connectivity index (χ2v) is 4.80. The van der Waals surface area contributed by atoms with Crippen LogP contribution < -0.4 is 0 Å². The van der Waals surface area contributed by atoms with Crippen molar-refractivity contribution in [2.45, 2.75) is 51.3 Å². The zero-order valence-corrected chi connectivity index (χ0v) is 10.7. The Morgan fingerprint density at radius 3 is 2.73 bits per heavy atom. The lowest BCUT2D eigenvalue weighted by molar-refractivity contribution is 0.615. The molecule has 0 bridgehead atoms. The fourth-order valence-electron chi connectivity index (χ4n) is 1.86. The summed E-state index contributed by atoms with van der Waals surface area (Å²) >= 11 is 6.17. The molecular formula is C12H21ClN2. The third-order valence-electron chi connectivity index (χ3n) is 2.65. The summed E-state index contributed by atoms with van der Waals surface area (Å²) in [6, 6.07) is 2.16. The largest absolute Gasteiger partial charge is 0.272 e. The van der Waals surface area contributed by atoms with Crippen LogP contribution in [-0.4, -0.2) is 15.2 Å². The van der Waals surface area contributed by atoms with Crippen molar-refractivity contribution in [2.75, 3.05) is 0 Å². The second-order valence-electron chi connectivity index (χ2n) is 4.18. The average Bonchev–Trinajstić information content (AvgIpc) is 2.46. The molecule has 15 heavy (non-hydrogen) atoms. The summed E-state index contributed by atoms with van der Waals surface area (Å²) < 4.78 is 1.97. The van der Waals surface area contributed by atoms with E-state index in [4.69, 9.17) is 11.6 Å². The molecule has 0 aliphatic rings. The van der Waals surface area contributed by atoms with Crippen LogP contribution in [0.3, 0.4) is 0 Å². The number of hydrogen-bond acceptors (Lipinski definition) is 1. The van der Waals surface area contributed by atoms with Crippen molar-refractivity contribution in [3.8, 4) is 0 Å². The molecule has 0 spiro atoms. The lowest BCUT2D eigenvalue weighted by Gasteiger charge is -2.07. The van der Waals surface area contributed by atoms with Gasteiger partial charge in [0.25, 0.3) is 0 Å². The van der Waals surface area contributed by atoms with Gasteiger partial charge in [-0.1, -0.05) is 13.3 Å². The number of aryl methyl sites for hydroxylation is 3. The number of aromatic nitrogens is 2. The zero-order valence-electron chi connectivity index (χ0n) is 9.96. The summed E-state index contributed by atoms with van der Waals surface area (Å²) in [5.41, 5.74) is 2.41. The predicted octanol–water partition coefficient (Wildman–Crippen LogP) is 3.46. The molecule has 0 saturated heterocycles. The molecule has 1 aromatic heterocycles. The fourth-order valence-corrected chi connectivity index (χ4v) is 2.23. The van der Waals surface area contributed by atoms with Crippen molar-refractivity contribution in [1.82, 2.24) is 9.78 Å². The van der Waals surface area contributed by atoms with E-state index in [1.54, 1.807) is 0 Å². The minimum Gasteiger partial charge on any atom is -0.272 e. The number of alkyl halides is 1. The molecule has 1 unspecified atom stereocenters. The van der Waals surface area contributed by atoms with Gasteiger partial charge in [-0.2, -0.15) is 5.10 Å². The highest BCUT2D eigenvalue weighted by atomic mass is 35.5. The average molecular weight is 229 g/mol. The normalized spacial score (nSPS) is 13.1. The first-order valence-electron chi connectivity index (χ1n) is 5.77. The van der Waals surface area contributed by atoms with E-state index < -0.39 is 0 Å². The summed E-state index contributed by atoms with van der Waals surface area (Å²) in [4.78, 5) is 0. The van der Waals surface area contributed by atoms with Gasteiger partial charge in [0, 0.05) is 18.1 Å².